The second-order valence-electron chi connectivity index (χ2n) is 2.70. The van der Waals surface area contributed by atoms with Crippen LogP contribution in [0.3, 0.4) is 0 Å². The second kappa shape index (κ2) is 2.44. The monoisotopic (exact) mass is 161 g/mol. The zero-order chi connectivity index (χ0) is 8.55. The fraction of sp³-hybridized carbons (Fsp3) is 0.111. The highest BCUT2D eigenvalue weighted by Crippen LogP contribution is 2.09. The lowest BCUT2D eigenvalue weighted by Crippen LogP contribution is -1.99. The van der Waals surface area contributed by atoms with Crippen molar-refractivity contribution in [3.63, 3.8) is 0 Å². The summed E-state index contributed by atoms with van der Waals surface area (Å²) < 4.78 is 4.49. The molecular formula is C9H7NO2. The second-order valence-corrected chi connectivity index (χ2v) is 2.70. The lowest BCUT2D eigenvalue weighted by atomic mass is 10.1. The van der Waals surface area contributed by atoms with Crippen molar-refractivity contribution >= 4 is 10.8 Å². The third-order valence-corrected chi connectivity index (χ3v) is 1.76. The maximum absolute atomic E-state index is 11.1. The molecule has 1 aromatic carbocycles. The largest absolute Gasteiger partial charge is 0.366 e. The van der Waals surface area contributed by atoms with Crippen molar-refractivity contribution in [2.24, 2.45) is 0 Å². The molecule has 12 heavy (non-hydrogen) atoms. The van der Waals surface area contributed by atoms with E-state index in [2.05, 4.69) is 9.68 Å². The minimum absolute atomic E-state index is 0.379. The average molecular weight is 161 g/mol. The Morgan fingerprint density at radius 2 is 2.25 bits per heavy atom. The highest BCUT2D eigenvalue weighted by atomic mass is 16.5. The van der Waals surface area contributed by atoms with Crippen LogP contribution in [0.25, 0.3) is 10.8 Å². The van der Waals surface area contributed by atoms with Crippen molar-refractivity contribution in [2.75, 3.05) is 0 Å². The van der Waals surface area contributed by atoms with E-state index in [1.807, 2.05) is 19.1 Å². The summed E-state index contributed by atoms with van der Waals surface area (Å²) in [6.07, 6.45) is 1.54. The maximum atomic E-state index is 11.1. The molecule has 2 aromatic rings. The van der Waals surface area contributed by atoms with Gasteiger partial charge in [-0.1, -0.05) is 22.9 Å². The summed E-state index contributed by atoms with van der Waals surface area (Å²) in [6.45, 7) is 1.93. The van der Waals surface area contributed by atoms with Crippen LogP contribution in [0, 0.1) is 6.92 Å². The molecular weight excluding hydrogens is 154 g/mol. The maximum Gasteiger partial charge on any atom is 0.366 e. The van der Waals surface area contributed by atoms with Gasteiger partial charge in [-0.25, -0.2) is 4.79 Å². The first kappa shape index (κ1) is 7.03. The average Bonchev–Trinajstić information content (AvgIpc) is 2.07. The van der Waals surface area contributed by atoms with E-state index in [-0.39, 0.29) is 5.63 Å². The Morgan fingerprint density at radius 3 is 3.08 bits per heavy atom. The topological polar surface area (TPSA) is 43.1 Å². The van der Waals surface area contributed by atoms with Gasteiger partial charge < -0.3 is 4.52 Å². The Kier molecular flexibility index (Phi) is 1.43. The number of fused-ring (bicyclic) bond motifs is 1. The third kappa shape index (κ3) is 0.993. The van der Waals surface area contributed by atoms with Gasteiger partial charge in [0, 0.05) is 5.39 Å². The Morgan fingerprint density at radius 1 is 1.42 bits per heavy atom. The molecule has 0 amide bonds. The number of nitrogens with zero attached hydrogens (tertiary/aromatic N) is 1. The summed E-state index contributed by atoms with van der Waals surface area (Å²) in [7, 11) is 0. The first-order chi connectivity index (χ1) is 5.77. The Labute approximate surface area is 68.6 Å². The van der Waals surface area contributed by atoms with Gasteiger partial charge in [0.25, 0.3) is 0 Å². The van der Waals surface area contributed by atoms with E-state index in [4.69, 9.17) is 0 Å². The molecule has 1 heterocycles. The van der Waals surface area contributed by atoms with E-state index in [9.17, 15) is 4.79 Å². The van der Waals surface area contributed by atoms with Gasteiger partial charge >= 0.3 is 5.63 Å². The van der Waals surface area contributed by atoms with Gasteiger partial charge in [0.2, 0.25) is 0 Å². The van der Waals surface area contributed by atoms with Crippen LogP contribution < -0.4 is 5.63 Å². The van der Waals surface area contributed by atoms with Crippen molar-refractivity contribution in [1.82, 2.24) is 5.16 Å². The highest BCUT2D eigenvalue weighted by Gasteiger charge is 1.98. The fourth-order valence-corrected chi connectivity index (χ4v) is 1.14. The fourth-order valence-electron chi connectivity index (χ4n) is 1.14. The molecule has 0 aliphatic rings. The van der Waals surface area contributed by atoms with E-state index in [1.54, 1.807) is 6.07 Å². The normalized spacial score (nSPS) is 10.4. The van der Waals surface area contributed by atoms with Crippen LogP contribution in [0.2, 0.25) is 0 Å². The number of hydrogen-bond acceptors (Lipinski definition) is 3. The zero-order valence-corrected chi connectivity index (χ0v) is 6.57. The van der Waals surface area contributed by atoms with E-state index >= 15 is 0 Å². The molecule has 2 rings (SSSR count). The molecule has 3 heteroatoms. The van der Waals surface area contributed by atoms with Gasteiger partial charge in [-0.3, -0.25) is 0 Å². The predicted octanol–water partition coefficient (Wildman–Crippen LogP) is 1.50. The molecule has 3 nitrogen and oxygen atoms in total. The molecule has 1 aromatic heterocycles. The first-order valence-corrected chi connectivity index (χ1v) is 3.63. The number of rotatable bonds is 0. The van der Waals surface area contributed by atoms with Gasteiger partial charge in [0.05, 0.1) is 11.6 Å². The highest BCUT2D eigenvalue weighted by molar-refractivity contribution is 5.80. The van der Waals surface area contributed by atoms with Crippen molar-refractivity contribution in [1.29, 1.82) is 0 Å². The van der Waals surface area contributed by atoms with Crippen molar-refractivity contribution in [3.8, 4) is 0 Å². The van der Waals surface area contributed by atoms with Crippen LogP contribution in [0.5, 0.6) is 0 Å². The minimum atomic E-state index is -0.379. The summed E-state index contributed by atoms with van der Waals surface area (Å²) in [6, 6.07) is 5.58. The molecule has 0 atom stereocenters. The minimum Gasteiger partial charge on any atom is -0.313 e. The standard InChI is InChI=1S/C9H7NO2/c1-6-2-3-7-5-10-12-9(11)8(7)4-6/h2-5H,1H3. The van der Waals surface area contributed by atoms with E-state index < -0.39 is 0 Å². The SMILES string of the molecule is Cc1ccc2cnoc(=O)c2c1. The molecule has 0 radical (unpaired) electrons. The van der Waals surface area contributed by atoms with Gasteiger partial charge in [0.1, 0.15) is 0 Å². The molecule has 0 N–H and O–H groups in total. The van der Waals surface area contributed by atoms with Gasteiger partial charge in [0.15, 0.2) is 0 Å². The zero-order valence-electron chi connectivity index (χ0n) is 6.57. The lowest BCUT2D eigenvalue weighted by Gasteiger charge is -1.94. The molecule has 60 valence electrons. The van der Waals surface area contributed by atoms with Crippen LogP contribution in [-0.4, -0.2) is 5.16 Å². The number of aromatic nitrogens is 1. The first-order valence-electron chi connectivity index (χ1n) is 3.63. The Bertz CT molecular complexity index is 473. The Hall–Kier alpha value is -1.64. The van der Waals surface area contributed by atoms with Gasteiger partial charge in [-0.15, -0.1) is 0 Å². The number of aryl methyl sites for hydroxylation is 1. The van der Waals surface area contributed by atoms with Crippen LogP contribution in [0.1, 0.15) is 5.56 Å². The molecule has 0 spiro atoms. The number of hydrogen-bond donors (Lipinski definition) is 0. The summed E-state index contributed by atoms with van der Waals surface area (Å²) >= 11 is 0. The molecule has 0 aliphatic heterocycles. The van der Waals surface area contributed by atoms with Crippen LogP contribution >= 0.6 is 0 Å². The predicted molar refractivity (Wildman–Crippen MR) is 45.0 cm³/mol. The van der Waals surface area contributed by atoms with Gasteiger partial charge in [-0.05, 0) is 13.0 Å². The third-order valence-electron chi connectivity index (χ3n) is 1.76. The molecule has 0 fully saturated rings. The van der Waals surface area contributed by atoms with Crippen molar-refractivity contribution < 1.29 is 4.52 Å². The molecule has 0 saturated carbocycles. The van der Waals surface area contributed by atoms with Crippen LogP contribution in [-0.2, 0) is 0 Å². The number of benzene rings is 1. The molecule has 0 unspecified atom stereocenters. The van der Waals surface area contributed by atoms with Gasteiger partial charge in [-0.2, -0.15) is 0 Å². The van der Waals surface area contributed by atoms with E-state index in [1.165, 1.54) is 6.20 Å². The Balaban J connectivity index is 2.98. The van der Waals surface area contributed by atoms with Crippen LogP contribution in [0.15, 0.2) is 33.7 Å². The van der Waals surface area contributed by atoms with Crippen molar-refractivity contribution in [3.05, 3.63) is 40.4 Å². The molecule has 0 saturated heterocycles. The summed E-state index contributed by atoms with van der Waals surface area (Å²) in [4.78, 5) is 11.1. The summed E-state index contributed by atoms with van der Waals surface area (Å²) in [5, 5.41) is 4.86. The summed E-state index contributed by atoms with van der Waals surface area (Å²) in [5.74, 6) is 0. The molecule has 0 bridgehead atoms. The quantitative estimate of drug-likeness (QED) is 0.588. The van der Waals surface area contributed by atoms with Crippen LogP contribution in [0.4, 0.5) is 0 Å². The van der Waals surface area contributed by atoms with Crippen molar-refractivity contribution in [2.45, 2.75) is 6.92 Å². The lowest BCUT2D eigenvalue weighted by molar-refractivity contribution is 0.377. The molecule has 0 aliphatic carbocycles. The summed E-state index contributed by atoms with van der Waals surface area (Å²) in [5.41, 5.74) is 0.664. The van der Waals surface area contributed by atoms with E-state index in [0.717, 1.165) is 10.9 Å². The van der Waals surface area contributed by atoms with E-state index in [0.29, 0.717) is 5.39 Å². The smallest absolute Gasteiger partial charge is 0.313 e.